The number of halogens is 1. The Labute approximate surface area is 208 Å². The van der Waals surface area contributed by atoms with Crippen molar-refractivity contribution >= 4 is 63.6 Å². The van der Waals surface area contributed by atoms with Crippen LogP contribution in [0.3, 0.4) is 0 Å². The normalized spacial score (nSPS) is 16.2. The molecular formula is C22H22ClN5O4S2. The Morgan fingerprint density at radius 2 is 2.03 bits per heavy atom. The second-order valence-corrected chi connectivity index (χ2v) is 9.78. The molecule has 12 heteroatoms. The number of ether oxygens (including phenoxy) is 1. The number of thiophene rings is 1. The molecule has 0 aliphatic carbocycles. The van der Waals surface area contributed by atoms with Gasteiger partial charge in [0.05, 0.1) is 11.8 Å². The van der Waals surface area contributed by atoms with E-state index in [9.17, 15) is 14.4 Å². The van der Waals surface area contributed by atoms with E-state index < -0.39 is 17.9 Å². The maximum absolute atomic E-state index is 13.8. The van der Waals surface area contributed by atoms with Crippen LogP contribution in [0.2, 0.25) is 5.02 Å². The van der Waals surface area contributed by atoms with Crippen LogP contribution < -0.4 is 21.7 Å². The van der Waals surface area contributed by atoms with Crippen LogP contribution in [0.1, 0.15) is 43.9 Å². The molecule has 34 heavy (non-hydrogen) atoms. The smallest absolute Gasteiger partial charge is 0.273 e. The predicted octanol–water partition coefficient (Wildman–Crippen LogP) is 3.22. The molecule has 1 aliphatic heterocycles. The van der Waals surface area contributed by atoms with Crippen molar-refractivity contribution in [2.45, 2.75) is 25.0 Å². The third-order valence-electron chi connectivity index (χ3n) is 5.33. The standard InChI is InChI=1S/C22H22ClN5O4S2/c23-12-5-7-13(8-6-12)28(22(31)19-16(24)17(20(25)29)27-34-19)18(15-4-2-10-33-15)21(30)26-11-14-3-1-9-32-14/h2,4-8,10,14,18H,1,3,9,11,24H2,(H2,25,29)(H,26,30)/t14-,18-/m0/s1. The molecule has 5 N–H and O–H groups in total. The average molecular weight is 520 g/mol. The highest BCUT2D eigenvalue weighted by atomic mass is 35.5. The van der Waals surface area contributed by atoms with Gasteiger partial charge in [-0.3, -0.25) is 19.3 Å². The van der Waals surface area contributed by atoms with Crippen molar-refractivity contribution in [2.24, 2.45) is 5.73 Å². The summed E-state index contributed by atoms with van der Waals surface area (Å²) in [4.78, 5) is 41.0. The van der Waals surface area contributed by atoms with Gasteiger partial charge in [-0.1, -0.05) is 17.7 Å². The first-order chi connectivity index (χ1) is 16.4. The van der Waals surface area contributed by atoms with E-state index in [-0.39, 0.29) is 28.3 Å². The number of nitrogens with zero attached hydrogens (tertiary/aromatic N) is 2. The number of nitrogens with one attached hydrogen (secondary N) is 1. The first kappa shape index (κ1) is 24.1. The Bertz CT molecular complexity index is 1180. The largest absolute Gasteiger partial charge is 0.395 e. The van der Waals surface area contributed by atoms with Gasteiger partial charge < -0.3 is 21.5 Å². The minimum absolute atomic E-state index is 0.0113. The van der Waals surface area contributed by atoms with Crippen LogP contribution in [-0.4, -0.2) is 41.4 Å². The lowest BCUT2D eigenvalue weighted by Crippen LogP contribution is -2.45. The molecule has 9 nitrogen and oxygen atoms in total. The Balaban J connectivity index is 1.75. The number of carbonyl (C=O) groups excluding carboxylic acids is 3. The molecule has 2 aromatic heterocycles. The molecule has 1 saturated heterocycles. The van der Waals surface area contributed by atoms with E-state index in [1.807, 2.05) is 5.38 Å². The number of amides is 3. The first-order valence-corrected chi connectivity index (χ1v) is 12.5. The molecular weight excluding hydrogens is 498 g/mol. The van der Waals surface area contributed by atoms with Crippen LogP contribution in [0, 0.1) is 0 Å². The number of nitrogen functional groups attached to an aromatic ring is 1. The van der Waals surface area contributed by atoms with Crippen LogP contribution >= 0.6 is 34.5 Å². The van der Waals surface area contributed by atoms with Gasteiger partial charge in [0.2, 0.25) is 5.91 Å². The summed E-state index contributed by atoms with van der Waals surface area (Å²) in [5.74, 6) is -1.80. The molecule has 4 rings (SSSR count). The van der Waals surface area contributed by atoms with Gasteiger partial charge in [-0.2, -0.15) is 4.37 Å². The zero-order valence-corrected chi connectivity index (χ0v) is 20.3. The fourth-order valence-electron chi connectivity index (χ4n) is 3.66. The summed E-state index contributed by atoms with van der Waals surface area (Å²) in [5, 5.41) is 5.22. The van der Waals surface area contributed by atoms with Crippen LogP contribution in [0.25, 0.3) is 0 Å². The minimum Gasteiger partial charge on any atom is -0.395 e. The number of primary amides is 1. The van der Waals surface area contributed by atoms with Gasteiger partial charge in [0.1, 0.15) is 4.88 Å². The van der Waals surface area contributed by atoms with Crippen molar-refractivity contribution < 1.29 is 19.1 Å². The van der Waals surface area contributed by atoms with Crippen molar-refractivity contribution in [1.82, 2.24) is 9.69 Å². The molecule has 1 aromatic carbocycles. The van der Waals surface area contributed by atoms with Crippen LogP contribution in [0.5, 0.6) is 0 Å². The third kappa shape index (κ3) is 5.07. The SMILES string of the molecule is NC(=O)c1nsc(C(=O)N(c2ccc(Cl)cc2)[C@H](C(=O)NC[C@@H]2CCCO2)c2cccs2)c1N. The molecule has 3 aromatic rings. The number of benzene rings is 1. The van der Waals surface area contributed by atoms with E-state index in [4.69, 9.17) is 27.8 Å². The van der Waals surface area contributed by atoms with E-state index in [2.05, 4.69) is 9.69 Å². The van der Waals surface area contributed by atoms with Gasteiger partial charge in [-0.25, -0.2) is 0 Å². The van der Waals surface area contributed by atoms with E-state index in [1.54, 1.807) is 36.4 Å². The number of aromatic nitrogens is 1. The number of rotatable bonds is 8. The van der Waals surface area contributed by atoms with Gasteiger partial charge in [-0.05, 0) is 60.1 Å². The summed E-state index contributed by atoms with van der Waals surface area (Å²) in [5.41, 5.74) is 11.5. The number of hydrogen-bond donors (Lipinski definition) is 3. The highest BCUT2D eigenvalue weighted by Gasteiger charge is 2.36. The Kier molecular flexibility index (Phi) is 7.47. The maximum Gasteiger partial charge on any atom is 0.273 e. The second kappa shape index (κ2) is 10.5. The zero-order chi connectivity index (χ0) is 24.2. The predicted molar refractivity (Wildman–Crippen MR) is 132 cm³/mol. The number of anilines is 2. The summed E-state index contributed by atoms with van der Waals surface area (Å²) in [6.07, 6.45) is 1.73. The van der Waals surface area contributed by atoms with Gasteiger partial charge in [0, 0.05) is 28.7 Å². The number of hydrogen-bond acceptors (Lipinski definition) is 8. The van der Waals surface area contributed by atoms with Crippen molar-refractivity contribution in [1.29, 1.82) is 0 Å². The summed E-state index contributed by atoms with van der Waals surface area (Å²) in [6.45, 7) is 0.995. The highest BCUT2D eigenvalue weighted by molar-refractivity contribution is 7.10. The quantitative estimate of drug-likeness (QED) is 0.417. The lowest BCUT2D eigenvalue weighted by atomic mass is 10.1. The summed E-state index contributed by atoms with van der Waals surface area (Å²) < 4.78 is 9.56. The molecule has 1 fully saturated rings. The first-order valence-electron chi connectivity index (χ1n) is 10.4. The van der Waals surface area contributed by atoms with Crippen molar-refractivity contribution in [2.75, 3.05) is 23.8 Å². The van der Waals surface area contributed by atoms with Crippen molar-refractivity contribution in [3.8, 4) is 0 Å². The van der Waals surface area contributed by atoms with E-state index >= 15 is 0 Å². The lowest BCUT2D eigenvalue weighted by Gasteiger charge is -2.30. The van der Waals surface area contributed by atoms with Crippen LogP contribution in [-0.2, 0) is 9.53 Å². The number of nitrogens with two attached hydrogens (primary N) is 2. The second-order valence-electron chi connectivity index (χ2n) is 7.59. The summed E-state index contributed by atoms with van der Waals surface area (Å²) >= 11 is 8.16. The molecule has 0 spiro atoms. The molecule has 0 radical (unpaired) electrons. The fraction of sp³-hybridized carbons (Fsp3) is 0.273. The maximum atomic E-state index is 13.8. The Hall–Kier alpha value is -2.99. The molecule has 0 saturated carbocycles. The molecule has 0 bridgehead atoms. The average Bonchev–Trinajstić information content (AvgIpc) is 3.58. The van der Waals surface area contributed by atoms with Gasteiger partial charge >= 0.3 is 0 Å². The van der Waals surface area contributed by atoms with Crippen molar-refractivity contribution in [3.05, 3.63) is 62.2 Å². The molecule has 178 valence electrons. The third-order valence-corrected chi connectivity index (χ3v) is 7.35. The highest BCUT2D eigenvalue weighted by Crippen LogP contribution is 2.35. The minimum atomic E-state index is -1.01. The summed E-state index contributed by atoms with van der Waals surface area (Å²) in [6, 6.07) is 9.10. The molecule has 3 amide bonds. The molecule has 3 heterocycles. The van der Waals surface area contributed by atoms with Gasteiger partial charge in [0.15, 0.2) is 11.7 Å². The molecule has 1 aliphatic rings. The zero-order valence-electron chi connectivity index (χ0n) is 17.9. The van der Waals surface area contributed by atoms with Gasteiger partial charge in [-0.15, -0.1) is 11.3 Å². The Morgan fingerprint density at radius 1 is 1.26 bits per heavy atom. The van der Waals surface area contributed by atoms with Crippen molar-refractivity contribution in [3.63, 3.8) is 0 Å². The topological polar surface area (TPSA) is 141 Å². The van der Waals surface area contributed by atoms with E-state index in [0.717, 1.165) is 24.4 Å². The fourth-order valence-corrected chi connectivity index (χ4v) is 5.34. The molecule has 0 unspecified atom stereocenters. The monoisotopic (exact) mass is 519 g/mol. The van der Waals surface area contributed by atoms with Gasteiger partial charge in [0.25, 0.3) is 11.8 Å². The molecule has 2 atom stereocenters. The van der Waals surface area contributed by atoms with E-state index in [0.29, 0.717) is 28.7 Å². The number of carbonyl (C=O) groups is 3. The van der Waals surface area contributed by atoms with Crippen LogP contribution in [0.4, 0.5) is 11.4 Å². The van der Waals surface area contributed by atoms with Crippen LogP contribution in [0.15, 0.2) is 41.8 Å². The Morgan fingerprint density at radius 3 is 2.62 bits per heavy atom. The lowest BCUT2D eigenvalue weighted by molar-refractivity contribution is -0.122. The summed E-state index contributed by atoms with van der Waals surface area (Å²) in [7, 11) is 0. The van der Waals surface area contributed by atoms with E-state index in [1.165, 1.54) is 16.2 Å².